The van der Waals surface area contributed by atoms with Gasteiger partial charge in [-0.15, -0.1) is 12.4 Å². The van der Waals surface area contributed by atoms with Gasteiger partial charge in [-0.2, -0.15) is 0 Å². The third-order valence-corrected chi connectivity index (χ3v) is 4.89. The molecule has 0 spiro atoms. The maximum Gasteiger partial charge on any atom is 0.258 e. The van der Waals surface area contributed by atoms with E-state index in [1.54, 1.807) is 18.2 Å². The number of aromatic nitrogens is 2. The minimum Gasteiger partial charge on any atom is -0.314 e. The predicted molar refractivity (Wildman–Crippen MR) is 107 cm³/mol. The van der Waals surface area contributed by atoms with E-state index in [0.717, 1.165) is 31.7 Å². The zero-order valence-corrected chi connectivity index (χ0v) is 15.6. The largest absolute Gasteiger partial charge is 0.314 e. The number of hydrogen-bond donors (Lipinski definition) is 2. The van der Waals surface area contributed by atoms with Gasteiger partial charge in [-0.3, -0.25) is 9.69 Å². The highest BCUT2D eigenvalue weighted by Gasteiger charge is 2.24. The summed E-state index contributed by atoms with van der Waals surface area (Å²) in [5.74, 6) is 0.471. The van der Waals surface area contributed by atoms with Gasteiger partial charge in [0.25, 0.3) is 5.56 Å². The fourth-order valence-corrected chi connectivity index (χ4v) is 3.56. The molecule has 1 saturated heterocycles. The number of hydrogen-bond acceptors (Lipinski definition) is 4. The van der Waals surface area contributed by atoms with Crippen LogP contribution in [0.5, 0.6) is 0 Å². The van der Waals surface area contributed by atoms with Crippen molar-refractivity contribution >= 4 is 23.3 Å². The molecule has 27 heavy (non-hydrogen) atoms. The molecule has 1 aromatic heterocycles. The molecule has 5 nitrogen and oxygen atoms in total. The Bertz CT molecular complexity index is 977. The summed E-state index contributed by atoms with van der Waals surface area (Å²) in [4.78, 5) is 22.0. The van der Waals surface area contributed by atoms with Crippen LogP contribution in [0.3, 0.4) is 0 Å². The second-order valence-electron chi connectivity index (χ2n) is 6.59. The number of nitrogens with zero attached hydrogens (tertiary/aromatic N) is 2. The third kappa shape index (κ3) is 4.35. The van der Waals surface area contributed by atoms with E-state index in [4.69, 9.17) is 0 Å². The number of halogens is 2. The van der Waals surface area contributed by atoms with Crippen LogP contribution < -0.4 is 10.9 Å². The van der Waals surface area contributed by atoms with Crippen LogP contribution in [0.1, 0.15) is 17.4 Å². The average Bonchev–Trinajstić information content (AvgIpc) is 2.67. The maximum atomic E-state index is 13.6. The highest BCUT2D eigenvalue weighted by Crippen LogP contribution is 2.23. The number of aromatic amines is 1. The predicted octanol–water partition coefficient (Wildman–Crippen LogP) is 2.67. The number of nitrogens with one attached hydrogen (secondary N) is 2. The molecule has 3 aromatic rings. The van der Waals surface area contributed by atoms with Crippen molar-refractivity contribution in [2.45, 2.75) is 12.5 Å². The van der Waals surface area contributed by atoms with Gasteiger partial charge in [0.15, 0.2) is 0 Å². The number of para-hydroxylation sites is 1. The monoisotopic (exact) mass is 388 g/mol. The average molecular weight is 389 g/mol. The van der Waals surface area contributed by atoms with E-state index in [2.05, 4.69) is 20.2 Å². The molecular weight excluding hydrogens is 367 g/mol. The molecule has 7 heteroatoms. The molecule has 1 unspecified atom stereocenters. The lowest BCUT2D eigenvalue weighted by Crippen LogP contribution is -2.46. The number of piperazine rings is 1. The fraction of sp³-hybridized carbons (Fsp3) is 0.300. The Morgan fingerprint density at radius 1 is 1.19 bits per heavy atom. The topological polar surface area (TPSA) is 61.0 Å². The van der Waals surface area contributed by atoms with Crippen LogP contribution in [0.25, 0.3) is 10.9 Å². The summed E-state index contributed by atoms with van der Waals surface area (Å²) in [6, 6.07) is 14.2. The molecule has 0 saturated carbocycles. The fourth-order valence-electron chi connectivity index (χ4n) is 3.56. The standard InChI is InChI=1S/C20H21FN4O.ClH/c21-15-5-3-4-14(12-15)18-13-22-9-11-25(18)10-8-19-23-17-7-2-1-6-16(17)20(26)24-19;/h1-7,12,18,22H,8-11,13H2,(H,23,24,26);1H. The molecule has 0 radical (unpaired) electrons. The van der Waals surface area contributed by atoms with Gasteiger partial charge in [0.1, 0.15) is 11.6 Å². The van der Waals surface area contributed by atoms with E-state index < -0.39 is 0 Å². The molecule has 2 aromatic carbocycles. The molecule has 1 aliphatic heterocycles. The smallest absolute Gasteiger partial charge is 0.258 e. The van der Waals surface area contributed by atoms with E-state index in [0.29, 0.717) is 23.1 Å². The molecule has 2 heterocycles. The first-order chi connectivity index (χ1) is 12.7. The zero-order valence-electron chi connectivity index (χ0n) is 14.8. The molecular formula is C20H22ClFN4O. The van der Waals surface area contributed by atoms with Crippen LogP contribution >= 0.6 is 12.4 Å². The van der Waals surface area contributed by atoms with Crippen molar-refractivity contribution in [2.24, 2.45) is 0 Å². The summed E-state index contributed by atoms with van der Waals surface area (Å²) < 4.78 is 13.6. The first-order valence-corrected chi connectivity index (χ1v) is 8.89. The highest BCUT2D eigenvalue weighted by atomic mass is 35.5. The van der Waals surface area contributed by atoms with Crippen LogP contribution in [0.2, 0.25) is 0 Å². The van der Waals surface area contributed by atoms with Crippen LogP contribution in [0.4, 0.5) is 4.39 Å². The van der Waals surface area contributed by atoms with Gasteiger partial charge < -0.3 is 10.3 Å². The van der Waals surface area contributed by atoms with Crippen molar-refractivity contribution in [1.82, 2.24) is 20.2 Å². The minimum absolute atomic E-state index is 0. The van der Waals surface area contributed by atoms with Crippen molar-refractivity contribution < 1.29 is 4.39 Å². The molecule has 1 aliphatic rings. The Balaban J connectivity index is 0.00000210. The van der Waals surface area contributed by atoms with E-state index in [9.17, 15) is 9.18 Å². The Morgan fingerprint density at radius 3 is 2.89 bits per heavy atom. The van der Waals surface area contributed by atoms with Gasteiger partial charge in [-0.05, 0) is 29.8 Å². The second-order valence-corrected chi connectivity index (χ2v) is 6.59. The van der Waals surface area contributed by atoms with Gasteiger partial charge in [0, 0.05) is 38.6 Å². The zero-order chi connectivity index (χ0) is 17.9. The van der Waals surface area contributed by atoms with Crippen LogP contribution in [-0.2, 0) is 6.42 Å². The maximum absolute atomic E-state index is 13.6. The highest BCUT2D eigenvalue weighted by molar-refractivity contribution is 5.85. The van der Waals surface area contributed by atoms with Crippen LogP contribution in [-0.4, -0.2) is 41.0 Å². The van der Waals surface area contributed by atoms with Crippen molar-refractivity contribution in [1.29, 1.82) is 0 Å². The molecule has 1 fully saturated rings. The molecule has 0 aliphatic carbocycles. The van der Waals surface area contributed by atoms with Crippen LogP contribution in [0.15, 0.2) is 53.3 Å². The van der Waals surface area contributed by atoms with Gasteiger partial charge in [0.05, 0.1) is 10.9 Å². The van der Waals surface area contributed by atoms with Crippen molar-refractivity contribution in [3.8, 4) is 0 Å². The molecule has 142 valence electrons. The number of H-pyrrole nitrogens is 1. The summed E-state index contributed by atoms with van der Waals surface area (Å²) in [5, 5.41) is 3.98. The SMILES string of the molecule is Cl.O=c1[nH]c(CCN2CCNCC2c2cccc(F)c2)nc2ccccc12. The van der Waals surface area contributed by atoms with Crippen molar-refractivity contribution in [3.05, 3.63) is 76.1 Å². The van der Waals surface area contributed by atoms with E-state index in [1.165, 1.54) is 6.07 Å². The summed E-state index contributed by atoms with van der Waals surface area (Å²) in [6.45, 7) is 3.31. The van der Waals surface area contributed by atoms with Gasteiger partial charge in [-0.25, -0.2) is 9.37 Å². The third-order valence-electron chi connectivity index (χ3n) is 4.89. The molecule has 0 amide bonds. The molecule has 1 atom stereocenters. The first-order valence-electron chi connectivity index (χ1n) is 8.89. The lowest BCUT2D eigenvalue weighted by molar-refractivity contribution is 0.163. The number of fused-ring (bicyclic) bond motifs is 1. The molecule has 2 N–H and O–H groups in total. The van der Waals surface area contributed by atoms with Gasteiger partial charge in [0.2, 0.25) is 0 Å². The Kier molecular flexibility index (Phi) is 6.21. The molecule has 4 rings (SSSR count). The summed E-state index contributed by atoms with van der Waals surface area (Å²) >= 11 is 0. The quantitative estimate of drug-likeness (QED) is 0.721. The summed E-state index contributed by atoms with van der Waals surface area (Å²) in [5.41, 5.74) is 1.58. The second kappa shape index (κ2) is 8.61. The number of rotatable bonds is 4. The summed E-state index contributed by atoms with van der Waals surface area (Å²) in [7, 11) is 0. The number of benzene rings is 2. The Hall–Kier alpha value is -2.28. The Labute approximate surface area is 163 Å². The van der Waals surface area contributed by atoms with Crippen molar-refractivity contribution in [2.75, 3.05) is 26.2 Å². The lowest BCUT2D eigenvalue weighted by Gasteiger charge is -2.36. The van der Waals surface area contributed by atoms with E-state index in [1.807, 2.05) is 24.3 Å². The van der Waals surface area contributed by atoms with E-state index >= 15 is 0 Å². The van der Waals surface area contributed by atoms with Crippen molar-refractivity contribution in [3.63, 3.8) is 0 Å². The Morgan fingerprint density at radius 2 is 2.04 bits per heavy atom. The first kappa shape index (κ1) is 19.5. The van der Waals surface area contributed by atoms with E-state index in [-0.39, 0.29) is 29.8 Å². The summed E-state index contributed by atoms with van der Waals surface area (Å²) in [6.07, 6.45) is 0.645. The minimum atomic E-state index is -0.214. The molecule has 0 bridgehead atoms. The van der Waals surface area contributed by atoms with Gasteiger partial charge in [-0.1, -0.05) is 24.3 Å². The van der Waals surface area contributed by atoms with Gasteiger partial charge >= 0.3 is 0 Å². The normalized spacial score (nSPS) is 17.6. The van der Waals surface area contributed by atoms with Crippen LogP contribution in [0, 0.1) is 5.82 Å². The lowest BCUT2D eigenvalue weighted by atomic mass is 10.0.